The van der Waals surface area contributed by atoms with E-state index in [-0.39, 0.29) is 30.6 Å². The van der Waals surface area contributed by atoms with Crippen LogP contribution in [0.2, 0.25) is 0 Å². The number of fused-ring (bicyclic) bond motifs is 1. The highest BCUT2D eigenvalue weighted by atomic mass is 19.1. The highest BCUT2D eigenvalue weighted by Gasteiger charge is 2.19. The molecule has 152 valence electrons. The number of methoxy groups -OCH3 is 1. The van der Waals surface area contributed by atoms with Crippen LogP contribution in [0.25, 0.3) is 11.0 Å². The van der Waals surface area contributed by atoms with Crippen LogP contribution in [0.5, 0.6) is 5.75 Å². The number of aryl methyl sites for hydroxylation is 1. The maximum absolute atomic E-state index is 13.1. The Morgan fingerprint density at radius 3 is 2.55 bits per heavy atom. The zero-order chi connectivity index (χ0) is 21.1. The van der Waals surface area contributed by atoms with Gasteiger partial charge in [0.05, 0.1) is 13.2 Å². The summed E-state index contributed by atoms with van der Waals surface area (Å²) in [5, 5.41) is 0.820. The Hall–Kier alpha value is -3.15. The number of hydrogen-bond donors (Lipinski definition) is 0. The summed E-state index contributed by atoms with van der Waals surface area (Å²) in [6, 6.07) is 11.2. The molecular weight excluding hydrogens is 373 g/mol. The molecule has 2 aromatic carbocycles. The minimum absolute atomic E-state index is 0.101. The quantitative estimate of drug-likeness (QED) is 0.579. The van der Waals surface area contributed by atoms with Gasteiger partial charge in [0.1, 0.15) is 17.1 Å². The summed E-state index contributed by atoms with van der Waals surface area (Å²) in [7, 11) is 3.26. The van der Waals surface area contributed by atoms with E-state index in [2.05, 4.69) is 0 Å². The van der Waals surface area contributed by atoms with E-state index in [1.54, 1.807) is 37.3 Å². The monoisotopic (exact) mass is 397 g/mol. The third-order valence-electron chi connectivity index (χ3n) is 5.41. The number of rotatable bonds is 6. The van der Waals surface area contributed by atoms with Crippen LogP contribution in [-0.2, 0) is 11.2 Å². The molecule has 3 rings (SSSR count). The Kier molecular flexibility index (Phi) is 6.01. The van der Waals surface area contributed by atoms with Crippen LogP contribution in [0.4, 0.5) is 4.39 Å². The van der Waals surface area contributed by atoms with Gasteiger partial charge in [0.2, 0.25) is 5.91 Å². The number of halogens is 1. The molecule has 0 radical (unpaired) electrons. The first-order chi connectivity index (χ1) is 13.8. The van der Waals surface area contributed by atoms with Crippen molar-refractivity contribution in [3.63, 3.8) is 0 Å². The van der Waals surface area contributed by atoms with E-state index in [4.69, 9.17) is 9.15 Å². The molecule has 29 heavy (non-hydrogen) atoms. The summed E-state index contributed by atoms with van der Waals surface area (Å²) in [5.41, 5.74) is 2.17. The van der Waals surface area contributed by atoms with Gasteiger partial charge in [-0.15, -0.1) is 0 Å². The minimum Gasteiger partial charge on any atom is -0.497 e. The molecule has 1 atom stereocenters. The zero-order valence-electron chi connectivity index (χ0n) is 17.0. The van der Waals surface area contributed by atoms with Crippen LogP contribution in [0.3, 0.4) is 0 Å². The Balaban J connectivity index is 1.76. The molecule has 0 fully saturated rings. The standard InChI is InChI=1S/C23H24FNO4/c1-14-19-10-9-18(28-4)13-21(19)29-23(27)20(14)11-12-22(26)25(3)15(2)16-5-7-17(24)8-6-16/h5-10,13,15H,11-12H2,1-4H3. The van der Waals surface area contributed by atoms with Gasteiger partial charge in [-0.2, -0.15) is 0 Å². The van der Waals surface area contributed by atoms with Crippen molar-refractivity contribution in [2.24, 2.45) is 0 Å². The molecular formula is C23H24FNO4. The number of nitrogens with zero attached hydrogens (tertiary/aromatic N) is 1. The van der Waals surface area contributed by atoms with Crippen molar-refractivity contribution in [3.8, 4) is 5.75 Å². The number of amides is 1. The largest absolute Gasteiger partial charge is 0.497 e. The number of ether oxygens (including phenoxy) is 1. The molecule has 3 aromatic rings. The Labute approximate surface area is 168 Å². The highest BCUT2D eigenvalue weighted by molar-refractivity contribution is 5.82. The Bertz CT molecular complexity index is 1090. The maximum atomic E-state index is 13.1. The summed E-state index contributed by atoms with van der Waals surface area (Å²) < 4.78 is 23.7. The van der Waals surface area contributed by atoms with Crippen LogP contribution in [0, 0.1) is 12.7 Å². The summed E-state index contributed by atoms with van der Waals surface area (Å²) in [5.74, 6) is 0.195. The maximum Gasteiger partial charge on any atom is 0.339 e. The SMILES string of the molecule is COc1ccc2c(C)c(CCC(=O)N(C)C(C)c3ccc(F)cc3)c(=O)oc2c1. The molecule has 0 N–H and O–H groups in total. The van der Waals surface area contributed by atoms with Crippen molar-refractivity contribution in [1.29, 1.82) is 0 Å². The average Bonchev–Trinajstić information content (AvgIpc) is 2.72. The van der Waals surface area contributed by atoms with Gasteiger partial charge in [-0.1, -0.05) is 12.1 Å². The number of benzene rings is 2. The van der Waals surface area contributed by atoms with E-state index in [0.717, 1.165) is 16.5 Å². The first kappa shape index (κ1) is 20.6. The highest BCUT2D eigenvalue weighted by Crippen LogP contribution is 2.25. The van der Waals surface area contributed by atoms with Crippen molar-refractivity contribution < 1.29 is 18.3 Å². The zero-order valence-corrected chi connectivity index (χ0v) is 17.0. The predicted molar refractivity (Wildman–Crippen MR) is 110 cm³/mol. The van der Waals surface area contributed by atoms with E-state index in [0.29, 0.717) is 16.9 Å². The molecule has 1 aromatic heterocycles. The second-order valence-corrected chi connectivity index (χ2v) is 7.09. The third-order valence-corrected chi connectivity index (χ3v) is 5.41. The van der Waals surface area contributed by atoms with Gasteiger partial charge in [0, 0.05) is 30.5 Å². The predicted octanol–water partition coefficient (Wildman–Crippen LogP) is 4.40. The van der Waals surface area contributed by atoms with Crippen LogP contribution in [0.15, 0.2) is 51.7 Å². The topological polar surface area (TPSA) is 59.8 Å². The summed E-state index contributed by atoms with van der Waals surface area (Å²) in [6.45, 7) is 3.74. The number of hydrogen-bond acceptors (Lipinski definition) is 4. The lowest BCUT2D eigenvalue weighted by molar-refractivity contribution is -0.131. The van der Waals surface area contributed by atoms with Crippen molar-refractivity contribution in [3.05, 3.63) is 75.4 Å². The summed E-state index contributed by atoms with van der Waals surface area (Å²) in [4.78, 5) is 26.7. The van der Waals surface area contributed by atoms with Crippen LogP contribution >= 0.6 is 0 Å². The van der Waals surface area contributed by atoms with Crippen molar-refractivity contribution >= 4 is 16.9 Å². The second-order valence-electron chi connectivity index (χ2n) is 7.09. The number of carbonyl (C=O) groups is 1. The van der Waals surface area contributed by atoms with Crippen molar-refractivity contribution in [2.45, 2.75) is 32.7 Å². The molecule has 1 heterocycles. The molecule has 6 heteroatoms. The first-order valence-electron chi connectivity index (χ1n) is 9.43. The average molecular weight is 397 g/mol. The van der Waals surface area contributed by atoms with Crippen LogP contribution < -0.4 is 10.4 Å². The Morgan fingerprint density at radius 2 is 1.90 bits per heavy atom. The second kappa shape index (κ2) is 8.47. The smallest absolute Gasteiger partial charge is 0.339 e. The van der Waals surface area contributed by atoms with E-state index in [1.807, 2.05) is 26.0 Å². The molecule has 0 saturated carbocycles. The minimum atomic E-state index is -0.440. The molecule has 0 aliphatic carbocycles. The van der Waals surface area contributed by atoms with Crippen LogP contribution in [0.1, 0.15) is 36.1 Å². The van der Waals surface area contributed by atoms with Gasteiger partial charge in [-0.3, -0.25) is 4.79 Å². The molecule has 1 amide bonds. The van der Waals surface area contributed by atoms with Gasteiger partial charge in [-0.25, -0.2) is 9.18 Å². The first-order valence-corrected chi connectivity index (χ1v) is 9.43. The molecule has 0 aliphatic rings. The summed E-state index contributed by atoms with van der Waals surface area (Å²) in [6.07, 6.45) is 0.463. The lowest BCUT2D eigenvalue weighted by Crippen LogP contribution is -2.30. The molecule has 0 saturated heterocycles. The Morgan fingerprint density at radius 1 is 1.21 bits per heavy atom. The lowest BCUT2D eigenvalue weighted by atomic mass is 10.0. The normalized spacial score (nSPS) is 12.0. The fourth-order valence-corrected chi connectivity index (χ4v) is 3.38. The van der Waals surface area contributed by atoms with Gasteiger partial charge in [0.15, 0.2) is 0 Å². The van der Waals surface area contributed by atoms with Crippen molar-refractivity contribution in [2.75, 3.05) is 14.2 Å². The molecule has 0 spiro atoms. The van der Waals surface area contributed by atoms with Gasteiger partial charge >= 0.3 is 5.63 Å². The third kappa shape index (κ3) is 4.31. The van der Waals surface area contributed by atoms with E-state index >= 15 is 0 Å². The fraction of sp³-hybridized carbons (Fsp3) is 0.304. The van der Waals surface area contributed by atoms with Gasteiger partial charge in [0.25, 0.3) is 0 Å². The lowest BCUT2D eigenvalue weighted by Gasteiger charge is -2.25. The van der Waals surface area contributed by atoms with E-state index < -0.39 is 5.63 Å². The molecule has 0 aliphatic heterocycles. The fourth-order valence-electron chi connectivity index (χ4n) is 3.38. The van der Waals surface area contributed by atoms with E-state index in [1.165, 1.54) is 12.1 Å². The molecule has 1 unspecified atom stereocenters. The number of carbonyl (C=O) groups excluding carboxylic acids is 1. The van der Waals surface area contributed by atoms with Crippen molar-refractivity contribution in [1.82, 2.24) is 4.90 Å². The molecule has 5 nitrogen and oxygen atoms in total. The van der Waals surface area contributed by atoms with Gasteiger partial charge < -0.3 is 14.1 Å². The van der Waals surface area contributed by atoms with Crippen LogP contribution in [-0.4, -0.2) is 25.0 Å². The molecule has 0 bridgehead atoms. The van der Waals surface area contributed by atoms with Gasteiger partial charge in [-0.05, 0) is 55.7 Å². The van der Waals surface area contributed by atoms with E-state index in [9.17, 15) is 14.0 Å². The summed E-state index contributed by atoms with van der Waals surface area (Å²) >= 11 is 0.